The summed E-state index contributed by atoms with van der Waals surface area (Å²) in [5.74, 6) is -6.34. The lowest BCUT2D eigenvalue weighted by atomic mass is 9.93. The van der Waals surface area contributed by atoms with E-state index in [1.165, 1.54) is 6.92 Å². The van der Waals surface area contributed by atoms with E-state index in [1.807, 2.05) is 0 Å². The third kappa shape index (κ3) is 5.78. The summed E-state index contributed by atoms with van der Waals surface area (Å²) in [5, 5.41) is 12.7. The van der Waals surface area contributed by atoms with E-state index < -0.39 is 53.0 Å². The molecule has 0 saturated heterocycles. The largest absolute Gasteiger partial charge is 0.408 e. The first-order valence-electron chi connectivity index (χ1n) is 9.38. The molecule has 2 N–H and O–H groups in total. The maximum atomic E-state index is 14.5. The molecule has 2 amide bonds. The Hall–Kier alpha value is -3.55. The van der Waals surface area contributed by atoms with Crippen molar-refractivity contribution in [1.29, 1.82) is 5.26 Å². The van der Waals surface area contributed by atoms with Crippen LogP contribution in [0.5, 0.6) is 0 Å². The van der Waals surface area contributed by atoms with Crippen molar-refractivity contribution in [2.75, 3.05) is 5.32 Å². The maximum Gasteiger partial charge on any atom is 0.408 e. The normalized spacial score (nSPS) is 17.6. The summed E-state index contributed by atoms with van der Waals surface area (Å²) in [5.41, 5.74) is -1.32. The van der Waals surface area contributed by atoms with Crippen molar-refractivity contribution in [2.24, 2.45) is 5.92 Å². The van der Waals surface area contributed by atoms with Crippen LogP contribution in [-0.4, -0.2) is 29.8 Å². The van der Waals surface area contributed by atoms with Crippen molar-refractivity contribution in [1.82, 2.24) is 5.32 Å². The van der Waals surface area contributed by atoms with Gasteiger partial charge in [-0.2, -0.15) is 18.4 Å². The zero-order valence-electron chi connectivity index (χ0n) is 16.9. The average Bonchev–Trinajstić information content (AvgIpc) is 2.86. The molecular formula is C21H18F5N3O3. The smallest absolute Gasteiger partial charge is 0.338 e. The lowest BCUT2D eigenvalue weighted by Crippen LogP contribution is -2.46. The number of benzene rings is 1. The number of hydrogen-bond donors (Lipinski definition) is 2. The summed E-state index contributed by atoms with van der Waals surface area (Å²) in [6.45, 7) is 2.13. The van der Waals surface area contributed by atoms with Crippen molar-refractivity contribution < 1.29 is 36.3 Å². The van der Waals surface area contributed by atoms with Crippen LogP contribution in [0.25, 0.3) is 0 Å². The quantitative estimate of drug-likeness (QED) is 0.521. The Morgan fingerprint density at radius 2 is 1.88 bits per heavy atom. The number of nitrogens with one attached hydrogen (secondary N) is 2. The Bertz CT molecular complexity index is 1050. The van der Waals surface area contributed by atoms with E-state index in [-0.39, 0.29) is 29.7 Å². The highest BCUT2D eigenvalue weighted by atomic mass is 19.4. The number of halogens is 5. The molecule has 32 heavy (non-hydrogen) atoms. The monoisotopic (exact) mass is 455 g/mol. The van der Waals surface area contributed by atoms with Crippen LogP contribution in [0, 0.1) is 23.1 Å². The molecule has 1 unspecified atom stereocenters. The van der Waals surface area contributed by atoms with Crippen LogP contribution in [0.15, 0.2) is 41.2 Å². The predicted molar refractivity (Wildman–Crippen MR) is 103 cm³/mol. The molecule has 1 aromatic carbocycles. The number of amides is 2. The van der Waals surface area contributed by atoms with Crippen LogP contribution < -0.4 is 10.6 Å². The maximum absolute atomic E-state index is 14.5. The minimum Gasteiger partial charge on any atom is -0.338 e. The van der Waals surface area contributed by atoms with Gasteiger partial charge in [-0.3, -0.25) is 14.4 Å². The molecule has 0 radical (unpaired) electrons. The van der Waals surface area contributed by atoms with Crippen LogP contribution in [0.4, 0.5) is 27.6 Å². The summed E-state index contributed by atoms with van der Waals surface area (Å²) >= 11 is 0. The second kappa shape index (κ2) is 9.72. The molecule has 11 heteroatoms. The number of ketones is 1. The second-order valence-corrected chi connectivity index (χ2v) is 7.18. The summed E-state index contributed by atoms with van der Waals surface area (Å²) in [6.07, 6.45) is -4.17. The van der Waals surface area contributed by atoms with Crippen molar-refractivity contribution in [3.8, 4) is 6.07 Å². The van der Waals surface area contributed by atoms with Crippen LogP contribution >= 0.6 is 0 Å². The molecule has 2 rings (SSSR count). The third-order valence-corrected chi connectivity index (χ3v) is 4.82. The van der Waals surface area contributed by atoms with Crippen molar-refractivity contribution in [2.45, 2.75) is 38.9 Å². The molecular weight excluding hydrogens is 437 g/mol. The average molecular weight is 455 g/mol. The fourth-order valence-corrected chi connectivity index (χ4v) is 2.85. The van der Waals surface area contributed by atoms with Gasteiger partial charge in [-0.05, 0) is 43.5 Å². The predicted octanol–water partition coefficient (Wildman–Crippen LogP) is 3.85. The molecule has 0 fully saturated rings. The minimum absolute atomic E-state index is 0.0245. The van der Waals surface area contributed by atoms with Gasteiger partial charge in [0.25, 0.3) is 11.8 Å². The zero-order chi connectivity index (χ0) is 24.2. The van der Waals surface area contributed by atoms with Crippen molar-refractivity contribution >= 4 is 23.3 Å². The molecule has 2 atom stereocenters. The van der Waals surface area contributed by atoms with Crippen molar-refractivity contribution in [3.05, 3.63) is 52.6 Å². The van der Waals surface area contributed by atoms with E-state index in [1.54, 1.807) is 11.4 Å². The first-order valence-corrected chi connectivity index (χ1v) is 9.38. The lowest BCUT2D eigenvalue weighted by Gasteiger charge is -2.18. The minimum atomic E-state index is -4.77. The molecule has 1 aliphatic rings. The van der Waals surface area contributed by atoms with E-state index in [4.69, 9.17) is 5.26 Å². The first-order chi connectivity index (χ1) is 14.8. The Balaban J connectivity index is 2.31. The molecule has 0 aliphatic heterocycles. The van der Waals surface area contributed by atoms with Gasteiger partial charge in [-0.15, -0.1) is 0 Å². The van der Waals surface area contributed by atoms with Gasteiger partial charge in [0.1, 0.15) is 23.8 Å². The second-order valence-electron chi connectivity index (χ2n) is 7.18. The SMILES string of the molecule is CC1CCC(F)=C(C(=O)Nc2ccc(F)c(C#N)c2)C=C1C(=O)C(=O)N[C@@H](C)C(F)(F)F. The summed E-state index contributed by atoms with van der Waals surface area (Å²) in [4.78, 5) is 37.1. The highest BCUT2D eigenvalue weighted by Gasteiger charge is 2.39. The number of carbonyl (C=O) groups is 3. The zero-order valence-corrected chi connectivity index (χ0v) is 16.9. The molecule has 0 aromatic heterocycles. The van der Waals surface area contributed by atoms with Gasteiger partial charge in [0.05, 0.1) is 11.1 Å². The Morgan fingerprint density at radius 3 is 2.47 bits per heavy atom. The van der Waals surface area contributed by atoms with Gasteiger partial charge in [0.2, 0.25) is 5.78 Å². The number of nitrogens with zero attached hydrogens (tertiary/aromatic N) is 1. The van der Waals surface area contributed by atoms with Gasteiger partial charge >= 0.3 is 6.18 Å². The van der Waals surface area contributed by atoms with Crippen LogP contribution in [-0.2, 0) is 14.4 Å². The van der Waals surface area contributed by atoms with Gasteiger partial charge in [-0.25, -0.2) is 8.78 Å². The molecule has 1 aromatic rings. The van der Waals surface area contributed by atoms with Crippen LogP contribution in [0.2, 0.25) is 0 Å². The van der Waals surface area contributed by atoms with Gasteiger partial charge in [0.15, 0.2) is 0 Å². The summed E-state index contributed by atoms with van der Waals surface area (Å²) in [6, 6.07) is 2.37. The third-order valence-electron chi connectivity index (χ3n) is 4.82. The van der Waals surface area contributed by atoms with E-state index in [0.717, 1.165) is 24.3 Å². The van der Waals surface area contributed by atoms with E-state index >= 15 is 0 Å². The molecule has 0 heterocycles. The fraction of sp³-hybridized carbons (Fsp3) is 0.333. The molecule has 1 aliphatic carbocycles. The fourth-order valence-electron chi connectivity index (χ4n) is 2.85. The standard InChI is InChI=1S/C21H18F5N3O3/c1-10-3-5-17(23)15(19(31)29-13-4-6-16(22)12(7-13)9-27)8-14(10)18(30)20(32)28-11(2)21(24,25)26/h4,6-8,10-11H,3,5H2,1-2H3,(H,28,32)(H,29,31)/t10?,11-/m0/s1. The number of anilines is 1. The Morgan fingerprint density at radius 1 is 1.22 bits per heavy atom. The number of carbonyl (C=O) groups excluding carboxylic acids is 3. The van der Waals surface area contributed by atoms with E-state index in [9.17, 15) is 36.3 Å². The topological polar surface area (TPSA) is 99.1 Å². The number of Topliss-reactive ketones (excluding diaryl/α,β-unsaturated/α-hetero) is 1. The van der Waals surface area contributed by atoms with Gasteiger partial charge in [0, 0.05) is 17.7 Å². The molecule has 0 spiro atoms. The molecule has 0 bridgehead atoms. The number of allylic oxidation sites excluding steroid dienone is 1. The van der Waals surface area contributed by atoms with Crippen LogP contribution in [0.3, 0.4) is 0 Å². The molecule has 170 valence electrons. The Kier molecular flexibility index (Phi) is 7.51. The first kappa shape index (κ1) is 24.7. The van der Waals surface area contributed by atoms with E-state index in [0.29, 0.717) is 6.92 Å². The highest BCUT2D eigenvalue weighted by molar-refractivity contribution is 6.43. The van der Waals surface area contributed by atoms with Crippen LogP contribution in [0.1, 0.15) is 32.3 Å². The lowest BCUT2D eigenvalue weighted by molar-refractivity contribution is -0.159. The summed E-state index contributed by atoms with van der Waals surface area (Å²) < 4.78 is 66.0. The van der Waals surface area contributed by atoms with E-state index in [2.05, 4.69) is 5.32 Å². The van der Waals surface area contributed by atoms with Gasteiger partial charge < -0.3 is 10.6 Å². The number of hydrogen-bond acceptors (Lipinski definition) is 4. The Labute approximate surface area is 179 Å². The van der Waals surface area contributed by atoms with Crippen molar-refractivity contribution in [3.63, 3.8) is 0 Å². The summed E-state index contributed by atoms with van der Waals surface area (Å²) in [7, 11) is 0. The number of alkyl halides is 3. The highest BCUT2D eigenvalue weighted by Crippen LogP contribution is 2.30. The molecule has 6 nitrogen and oxygen atoms in total. The number of nitriles is 1. The molecule has 0 saturated carbocycles. The number of rotatable bonds is 5. The van der Waals surface area contributed by atoms with Gasteiger partial charge in [-0.1, -0.05) is 6.92 Å².